The average molecular weight is 1740 g/mol. The first kappa shape index (κ1) is 77.0. The topological polar surface area (TPSA) is 138 Å². The zero-order valence-electron chi connectivity index (χ0n) is 72.3. The van der Waals surface area contributed by atoms with Crippen LogP contribution >= 0.6 is 11.3 Å². The van der Waals surface area contributed by atoms with Gasteiger partial charge in [0.05, 0.1) is 22.1 Å². The van der Waals surface area contributed by atoms with Crippen molar-refractivity contribution >= 4 is 152 Å². The predicted octanol–water partition coefficient (Wildman–Crippen LogP) is 32.1. The van der Waals surface area contributed by atoms with E-state index in [1.54, 1.807) is 0 Å². The van der Waals surface area contributed by atoms with Crippen molar-refractivity contribution in [3.8, 4) is 135 Å². The van der Waals surface area contributed by atoms with Crippen LogP contribution in [0.3, 0.4) is 0 Å². The molecule has 0 saturated carbocycles. The lowest BCUT2D eigenvalue weighted by Gasteiger charge is -2.11. The second-order valence-corrected chi connectivity index (χ2v) is 35.5. The summed E-state index contributed by atoms with van der Waals surface area (Å²) >= 11 is 1.81. The van der Waals surface area contributed by atoms with Crippen molar-refractivity contribution in [2.75, 3.05) is 0 Å². The highest BCUT2D eigenvalue weighted by Gasteiger charge is 2.24. The van der Waals surface area contributed by atoms with E-state index in [0.29, 0.717) is 34.9 Å². The van der Waals surface area contributed by atoms with Gasteiger partial charge in [0.2, 0.25) is 0 Å². The van der Waals surface area contributed by atoms with E-state index in [1.807, 2.05) is 78.1 Å². The Labute approximate surface area is 776 Å². The summed E-state index contributed by atoms with van der Waals surface area (Å²) in [4.78, 5) is 41.1. The highest BCUT2D eigenvalue weighted by Crippen LogP contribution is 2.45. The highest BCUT2D eigenvalue weighted by atomic mass is 32.1. The summed E-state index contributed by atoms with van der Waals surface area (Å²) in [5, 5.41) is 16.2. The minimum Gasteiger partial charge on any atom is -0.456 e. The molecule has 28 rings (SSSR count). The number of imidazole rings is 2. The standard InChI is InChI=1S/C64H39N5O.C58H33N5OS/c1-3-11-40(12-4-1)42-19-25-45(26-20-42)62-66-63(46-27-21-43(22-28-46)41-13-5-2-6-14-41)68-64(67-62)47-29-23-44(24-30-47)48-31-33-54-55(37-48)51-15-7-8-17-53(51)60-61(54)69-36-35-50(39-59(69)65-60)49-32-34-58-56(38-49)52-16-9-10-18-57(52)70-58;1-2-10-35(11-3-1)56-60-57(62-58(61-56)40-24-27-52-48(32-40)43-14-7-9-17-51(43)65-52)36-20-18-34(19-21-36)37-22-25-45-46(30-37)41-12-4-5-15-44(41)54-55(45)63-29-28-39(33-53(63)59-54)38-23-26-50-47(31-38)42-13-6-8-16-49(42)64-50/h1-39H;1-33H. The van der Waals surface area contributed by atoms with Gasteiger partial charge in [-0.2, -0.15) is 0 Å². The monoisotopic (exact) mass is 1740 g/mol. The Kier molecular flexibility index (Phi) is 17.9. The molecule has 0 unspecified atom stereocenters. The Hall–Kier alpha value is -18.0. The summed E-state index contributed by atoms with van der Waals surface area (Å²) < 4.78 is 19.2. The summed E-state index contributed by atoms with van der Waals surface area (Å²) in [6.45, 7) is 0. The Morgan fingerprint density at radius 3 is 0.867 bits per heavy atom. The zero-order valence-corrected chi connectivity index (χ0v) is 73.1. The Bertz CT molecular complexity index is 9570. The van der Waals surface area contributed by atoms with Gasteiger partial charge < -0.3 is 8.83 Å². The summed E-state index contributed by atoms with van der Waals surface area (Å²) in [5.74, 6) is 3.79. The fourth-order valence-electron chi connectivity index (χ4n) is 19.8. The molecule has 19 aromatic carbocycles. The Balaban J connectivity index is 0.000000137. The molecule has 28 aromatic rings. The normalized spacial score (nSPS) is 11.9. The molecule has 628 valence electrons. The number of hydrogen-bond donors (Lipinski definition) is 0. The third kappa shape index (κ3) is 13.3. The molecule has 12 nitrogen and oxygen atoms in total. The first-order valence-corrected chi connectivity index (χ1v) is 46.0. The molecule has 0 bridgehead atoms. The molecular formula is C122H72N10O2S. The largest absolute Gasteiger partial charge is 0.456 e. The number of benzene rings is 19. The molecule has 0 aliphatic heterocycles. The second kappa shape index (κ2) is 31.4. The number of fused-ring (bicyclic) bond motifs is 25. The van der Waals surface area contributed by atoms with Crippen LogP contribution in [0.1, 0.15) is 0 Å². The fraction of sp³-hybridized carbons (Fsp3) is 0. The van der Waals surface area contributed by atoms with Gasteiger partial charge in [-0.25, -0.2) is 39.9 Å². The molecule has 0 amide bonds. The summed E-state index contributed by atoms with van der Waals surface area (Å²) in [5.41, 5.74) is 28.7. The number of para-hydroxylation sites is 2. The molecule has 135 heavy (non-hydrogen) atoms. The van der Waals surface area contributed by atoms with E-state index in [9.17, 15) is 0 Å². The van der Waals surface area contributed by atoms with Gasteiger partial charge in [0, 0.05) is 109 Å². The van der Waals surface area contributed by atoms with E-state index >= 15 is 0 Å². The van der Waals surface area contributed by atoms with Crippen LogP contribution in [0.2, 0.25) is 0 Å². The maximum absolute atomic E-state index is 6.13. The van der Waals surface area contributed by atoms with Crippen LogP contribution in [-0.2, 0) is 0 Å². The van der Waals surface area contributed by atoms with Gasteiger partial charge in [0.25, 0.3) is 0 Å². The molecule has 13 heteroatoms. The number of pyridine rings is 2. The molecular weight excluding hydrogens is 1670 g/mol. The number of rotatable bonds is 12. The van der Waals surface area contributed by atoms with Crippen molar-refractivity contribution < 1.29 is 8.83 Å². The number of thiophene rings is 1. The minimum absolute atomic E-state index is 0.615. The molecule has 0 N–H and O–H groups in total. The van der Waals surface area contributed by atoms with E-state index in [2.05, 4.69) is 379 Å². The smallest absolute Gasteiger partial charge is 0.164 e. The van der Waals surface area contributed by atoms with E-state index < -0.39 is 0 Å². The maximum atomic E-state index is 6.13. The van der Waals surface area contributed by atoms with Gasteiger partial charge in [-0.1, -0.05) is 328 Å². The van der Waals surface area contributed by atoms with Crippen molar-refractivity contribution in [2.45, 2.75) is 0 Å². The van der Waals surface area contributed by atoms with Crippen LogP contribution in [0.15, 0.2) is 446 Å². The summed E-state index contributed by atoms with van der Waals surface area (Å²) in [7, 11) is 0. The van der Waals surface area contributed by atoms with Gasteiger partial charge in [0.15, 0.2) is 34.9 Å². The molecule has 0 radical (unpaired) electrons. The lowest BCUT2D eigenvalue weighted by atomic mass is 9.95. The van der Waals surface area contributed by atoms with Gasteiger partial charge in [-0.3, -0.25) is 8.80 Å². The second-order valence-electron chi connectivity index (χ2n) is 34.5. The van der Waals surface area contributed by atoms with Gasteiger partial charge in [-0.15, -0.1) is 11.3 Å². The first-order valence-electron chi connectivity index (χ1n) is 45.2. The highest BCUT2D eigenvalue weighted by molar-refractivity contribution is 7.25. The average Bonchev–Trinajstić information content (AvgIpc) is 1.60. The van der Waals surface area contributed by atoms with Gasteiger partial charge >= 0.3 is 0 Å². The van der Waals surface area contributed by atoms with Crippen molar-refractivity contribution in [2.24, 2.45) is 0 Å². The molecule has 0 aliphatic carbocycles. The Morgan fingerprint density at radius 1 is 0.163 bits per heavy atom. The number of aromatic nitrogens is 10. The van der Waals surface area contributed by atoms with E-state index in [4.69, 9.17) is 48.7 Å². The third-order valence-corrected chi connectivity index (χ3v) is 27.7. The van der Waals surface area contributed by atoms with Crippen molar-refractivity contribution in [1.82, 2.24) is 48.7 Å². The van der Waals surface area contributed by atoms with Gasteiger partial charge in [0.1, 0.15) is 33.6 Å². The van der Waals surface area contributed by atoms with E-state index in [0.717, 1.165) is 199 Å². The summed E-state index contributed by atoms with van der Waals surface area (Å²) in [6, 6.07) is 149. The van der Waals surface area contributed by atoms with Crippen molar-refractivity contribution in [3.63, 3.8) is 0 Å². The number of furan rings is 2. The lowest BCUT2D eigenvalue weighted by Crippen LogP contribution is -2.00. The third-order valence-electron chi connectivity index (χ3n) is 26.6. The maximum Gasteiger partial charge on any atom is 0.164 e. The molecule has 0 atom stereocenters. The molecule has 0 fully saturated rings. The van der Waals surface area contributed by atoms with Crippen molar-refractivity contribution in [3.05, 3.63) is 437 Å². The Morgan fingerprint density at radius 2 is 0.437 bits per heavy atom. The predicted molar refractivity (Wildman–Crippen MR) is 555 cm³/mol. The lowest BCUT2D eigenvalue weighted by molar-refractivity contribution is 0.668. The SMILES string of the molecule is c1ccc(-c2ccc(-c3nc(-c4ccc(-c5ccccc5)cc4)nc(-c4ccc(-c5ccc6c(c5)c5ccccc5c5nc7cc(-c8ccc9oc%10ccccc%10c9c8)ccn7c65)cc4)n3)cc2)cc1.c1ccc(-c2nc(-c3ccc(-c4ccc5c(c4)c4ccccc4c4nc6cc(-c7ccc8oc9ccccc9c8c7)ccn6c54)cc3)nc(-c3ccc4sc5ccccc5c4c3)n2)cc1. The molecule has 9 heterocycles. The van der Waals surface area contributed by atoms with Gasteiger partial charge in [-0.05, 0) is 185 Å². The molecule has 0 aliphatic rings. The van der Waals surface area contributed by atoms with Crippen molar-refractivity contribution in [1.29, 1.82) is 0 Å². The summed E-state index contributed by atoms with van der Waals surface area (Å²) in [6.07, 6.45) is 4.33. The van der Waals surface area contributed by atoms with Crippen LogP contribution in [0, 0.1) is 0 Å². The fourth-order valence-corrected chi connectivity index (χ4v) is 20.9. The van der Waals surface area contributed by atoms with Crippen LogP contribution in [0.4, 0.5) is 0 Å². The van der Waals surface area contributed by atoms with Crippen LogP contribution in [0.25, 0.3) is 276 Å². The minimum atomic E-state index is 0.615. The number of nitrogens with zero attached hydrogens (tertiary/aromatic N) is 10. The van der Waals surface area contributed by atoms with E-state index in [-0.39, 0.29) is 0 Å². The first-order chi connectivity index (χ1) is 66.8. The van der Waals surface area contributed by atoms with E-state index in [1.165, 1.54) is 41.7 Å². The van der Waals surface area contributed by atoms with Crippen LogP contribution in [-0.4, -0.2) is 48.7 Å². The zero-order chi connectivity index (χ0) is 88.7. The molecule has 9 aromatic heterocycles. The molecule has 0 saturated heterocycles. The van der Waals surface area contributed by atoms with Crippen LogP contribution in [0.5, 0.6) is 0 Å². The number of hydrogen-bond acceptors (Lipinski definition) is 11. The quantitative estimate of drug-likeness (QED) is 0.109. The van der Waals surface area contributed by atoms with Crippen LogP contribution < -0.4 is 0 Å². The molecule has 0 spiro atoms.